The second-order valence-corrected chi connectivity index (χ2v) is 9.76. The minimum absolute atomic E-state index is 0.328. The Kier molecular flexibility index (Phi) is 5.94. The summed E-state index contributed by atoms with van der Waals surface area (Å²) in [7, 11) is 1.52. The molecule has 3 heterocycles. The van der Waals surface area contributed by atoms with Crippen LogP contribution in [-0.2, 0) is 19.5 Å². The van der Waals surface area contributed by atoms with E-state index in [1.807, 2.05) is 65.3 Å². The van der Waals surface area contributed by atoms with E-state index in [9.17, 15) is 9.59 Å². The Morgan fingerprint density at radius 1 is 0.838 bits per heavy atom. The third-order valence-corrected chi connectivity index (χ3v) is 7.48. The third kappa shape index (κ3) is 4.15. The fourth-order valence-corrected chi connectivity index (χ4v) is 5.50. The lowest BCUT2D eigenvalue weighted by Crippen LogP contribution is -2.37. The molecule has 0 saturated heterocycles. The van der Waals surface area contributed by atoms with E-state index in [4.69, 9.17) is 5.10 Å². The molecule has 0 amide bonds. The van der Waals surface area contributed by atoms with Gasteiger partial charge >= 0.3 is 5.69 Å². The van der Waals surface area contributed by atoms with Gasteiger partial charge in [-0.05, 0) is 40.6 Å². The number of nitrogens with zero attached hydrogens (tertiary/aromatic N) is 5. The number of aromatic nitrogens is 5. The summed E-state index contributed by atoms with van der Waals surface area (Å²) in [5.41, 5.74) is 2.18. The van der Waals surface area contributed by atoms with Gasteiger partial charge in [0.15, 0.2) is 5.65 Å². The first-order chi connectivity index (χ1) is 18.1. The molecule has 0 aliphatic heterocycles. The van der Waals surface area contributed by atoms with Crippen LogP contribution in [0.3, 0.4) is 0 Å². The monoisotopic (exact) mass is 505 g/mol. The topological polar surface area (TPSA) is 74.7 Å². The van der Waals surface area contributed by atoms with E-state index in [0.717, 1.165) is 26.8 Å². The molecule has 3 aromatic carbocycles. The molecule has 0 saturated carbocycles. The lowest BCUT2D eigenvalue weighted by atomic mass is 10.0. The van der Waals surface area contributed by atoms with Crippen LogP contribution >= 0.6 is 11.8 Å². The van der Waals surface area contributed by atoms with E-state index in [1.54, 1.807) is 17.0 Å². The zero-order valence-corrected chi connectivity index (χ0v) is 20.9. The summed E-state index contributed by atoms with van der Waals surface area (Å²) >= 11 is 1.52. The Bertz CT molecular complexity index is 1850. The van der Waals surface area contributed by atoms with Crippen molar-refractivity contribution in [2.45, 2.75) is 17.3 Å². The Labute approximate surface area is 216 Å². The summed E-state index contributed by atoms with van der Waals surface area (Å²) in [5, 5.41) is 7.57. The summed E-state index contributed by atoms with van der Waals surface area (Å²) in [6.07, 6.45) is 3.39. The van der Waals surface area contributed by atoms with Crippen molar-refractivity contribution in [3.63, 3.8) is 0 Å². The van der Waals surface area contributed by atoms with E-state index in [0.29, 0.717) is 29.1 Å². The van der Waals surface area contributed by atoms with Crippen LogP contribution in [0.1, 0.15) is 5.56 Å². The van der Waals surface area contributed by atoms with Crippen LogP contribution < -0.4 is 11.2 Å². The van der Waals surface area contributed by atoms with Gasteiger partial charge in [-0.1, -0.05) is 60.7 Å². The normalized spacial score (nSPS) is 11.4. The predicted octanol–water partition coefficient (Wildman–Crippen LogP) is 4.91. The van der Waals surface area contributed by atoms with Gasteiger partial charge in [0, 0.05) is 29.9 Å². The van der Waals surface area contributed by atoms with E-state index in [1.165, 1.54) is 23.4 Å². The lowest BCUT2D eigenvalue weighted by Gasteiger charge is -2.10. The van der Waals surface area contributed by atoms with Crippen molar-refractivity contribution >= 4 is 33.6 Å². The maximum Gasteiger partial charge on any atom is 0.333 e. The standard InChI is InChI=1S/C29H23N5O2S/c1-32-28(35)25-26(21-14-16-30-17-15-21)34(18-22-10-7-9-20-8-5-6-13-24(20)22)31-27(25)33(29(32)36)19-37-23-11-3-2-4-12-23/h2-17H,18-19H2,1H3. The van der Waals surface area contributed by atoms with Crippen molar-refractivity contribution in [2.75, 3.05) is 0 Å². The molecule has 37 heavy (non-hydrogen) atoms. The molecule has 6 aromatic rings. The number of hydrogen-bond acceptors (Lipinski definition) is 5. The molecule has 0 bridgehead atoms. The molecule has 0 atom stereocenters. The van der Waals surface area contributed by atoms with E-state index < -0.39 is 5.69 Å². The van der Waals surface area contributed by atoms with Gasteiger partial charge in [0.25, 0.3) is 5.56 Å². The number of fused-ring (bicyclic) bond motifs is 2. The van der Waals surface area contributed by atoms with E-state index in [2.05, 4.69) is 29.2 Å². The zero-order valence-electron chi connectivity index (χ0n) is 20.1. The Hall–Kier alpha value is -4.43. The quantitative estimate of drug-likeness (QED) is 0.301. The van der Waals surface area contributed by atoms with Crippen LogP contribution in [0, 0.1) is 0 Å². The highest BCUT2D eigenvalue weighted by atomic mass is 32.2. The number of hydrogen-bond donors (Lipinski definition) is 0. The number of rotatable bonds is 6. The van der Waals surface area contributed by atoms with Gasteiger partial charge in [-0.25, -0.2) is 4.79 Å². The van der Waals surface area contributed by atoms with Crippen molar-refractivity contribution in [1.29, 1.82) is 0 Å². The largest absolute Gasteiger partial charge is 0.333 e. The van der Waals surface area contributed by atoms with Crippen LogP contribution in [0.5, 0.6) is 0 Å². The minimum Gasteiger partial charge on any atom is -0.268 e. The molecule has 0 aliphatic carbocycles. The van der Waals surface area contributed by atoms with Crippen molar-refractivity contribution in [3.05, 3.63) is 124 Å². The van der Waals surface area contributed by atoms with E-state index in [-0.39, 0.29) is 5.56 Å². The third-order valence-electron chi connectivity index (χ3n) is 6.48. The fraction of sp³-hybridized carbons (Fsp3) is 0.103. The molecule has 0 radical (unpaired) electrons. The maximum atomic E-state index is 13.5. The molecule has 7 nitrogen and oxygen atoms in total. The first kappa shape index (κ1) is 23.0. The predicted molar refractivity (Wildman–Crippen MR) is 148 cm³/mol. The Morgan fingerprint density at radius 2 is 1.57 bits per heavy atom. The molecule has 182 valence electrons. The minimum atomic E-state index is -0.392. The zero-order chi connectivity index (χ0) is 25.4. The van der Waals surface area contributed by atoms with Crippen LogP contribution in [0.25, 0.3) is 33.1 Å². The van der Waals surface area contributed by atoms with Gasteiger partial charge < -0.3 is 0 Å². The van der Waals surface area contributed by atoms with Crippen LogP contribution in [0.4, 0.5) is 0 Å². The summed E-state index contributed by atoms with van der Waals surface area (Å²) in [4.78, 5) is 32.0. The summed E-state index contributed by atoms with van der Waals surface area (Å²) in [5.74, 6) is 0.328. The molecule has 8 heteroatoms. The van der Waals surface area contributed by atoms with Crippen LogP contribution in [0.2, 0.25) is 0 Å². The maximum absolute atomic E-state index is 13.5. The molecule has 6 rings (SSSR count). The molecule has 0 aliphatic rings. The van der Waals surface area contributed by atoms with Gasteiger partial charge in [0.2, 0.25) is 0 Å². The second-order valence-electron chi connectivity index (χ2n) is 8.74. The van der Waals surface area contributed by atoms with Crippen LogP contribution in [-0.4, -0.2) is 23.9 Å². The number of thioether (sulfide) groups is 1. The Morgan fingerprint density at radius 3 is 2.38 bits per heavy atom. The average Bonchev–Trinajstić information content (AvgIpc) is 3.32. The molecule has 3 aromatic heterocycles. The summed E-state index contributed by atoms with van der Waals surface area (Å²) in [6.45, 7) is 0.441. The van der Waals surface area contributed by atoms with Gasteiger partial charge in [-0.3, -0.25) is 23.6 Å². The second kappa shape index (κ2) is 9.55. The fourth-order valence-electron chi connectivity index (χ4n) is 4.64. The first-order valence-corrected chi connectivity index (χ1v) is 12.9. The van der Waals surface area contributed by atoms with Gasteiger partial charge in [0.05, 0.1) is 18.1 Å². The number of benzene rings is 3. The van der Waals surface area contributed by atoms with E-state index >= 15 is 0 Å². The van der Waals surface area contributed by atoms with Crippen LogP contribution in [0.15, 0.2) is 112 Å². The molecule has 0 fully saturated rings. The first-order valence-electron chi connectivity index (χ1n) is 11.9. The molecule has 0 unspecified atom stereocenters. The van der Waals surface area contributed by atoms with Crippen molar-refractivity contribution in [3.8, 4) is 11.3 Å². The molecule has 0 spiro atoms. The smallest absolute Gasteiger partial charge is 0.268 e. The highest BCUT2D eigenvalue weighted by molar-refractivity contribution is 7.98. The highest BCUT2D eigenvalue weighted by Gasteiger charge is 2.22. The Balaban J connectivity index is 1.58. The summed E-state index contributed by atoms with van der Waals surface area (Å²) in [6, 6.07) is 28.0. The van der Waals surface area contributed by atoms with Gasteiger partial charge in [-0.2, -0.15) is 5.10 Å². The van der Waals surface area contributed by atoms with Gasteiger partial charge in [0.1, 0.15) is 5.39 Å². The van der Waals surface area contributed by atoms with Crippen molar-refractivity contribution in [2.24, 2.45) is 7.05 Å². The van der Waals surface area contributed by atoms with Crippen molar-refractivity contribution in [1.82, 2.24) is 23.9 Å². The molecular formula is C29H23N5O2S. The number of pyridine rings is 1. The average molecular weight is 506 g/mol. The molecular weight excluding hydrogens is 482 g/mol. The molecule has 0 N–H and O–H groups in total. The summed E-state index contributed by atoms with van der Waals surface area (Å²) < 4.78 is 4.59. The van der Waals surface area contributed by atoms with Gasteiger partial charge in [-0.15, -0.1) is 11.8 Å². The SMILES string of the molecule is Cn1c(=O)c2c(-c3ccncc3)n(Cc3cccc4ccccc34)nc2n(CSc2ccccc2)c1=O. The van der Waals surface area contributed by atoms with Crippen molar-refractivity contribution < 1.29 is 0 Å². The highest BCUT2D eigenvalue weighted by Crippen LogP contribution is 2.29. The lowest BCUT2D eigenvalue weighted by molar-refractivity contribution is 0.675.